The van der Waals surface area contributed by atoms with Crippen LogP contribution in [0.2, 0.25) is 0 Å². The molecule has 0 radical (unpaired) electrons. The second kappa shape index (κ2) is 5.98. The van der Waals surface area contributed by atoms with E-state index in [0.717, 1.165) is 31.9 Å². The minimum absolute atomic E-state index is 0.246. The second-order valence-corrected chi connectivity index (χ2v) is 5.35. The summed E-state index contributed by atoms with van der Waals surface area (Å²) < 4.78 is 1.89. The highest BCUT2D eigenvalue weighted by Crippen LogP contribution is 2.22. The predicted molar refractivity (Wildman–Crippen MR) is 81.8 cm³/mol. The lowest BCUT2D eigenvalue weighted by Gasteiger charge is -2.37. The van der Waals surface area contributed by atoms with Crippen molar-refractivity contribution in [3.05, 3.63) is 48.5 Å². The van der Waals surface area contributed by atoms with Crippen LogP contribution in [-0.2, 0) is 7.05 Å². The van der Waals surface area contributed by atoms with Gasteiger partial charge in [-0.25, -0.2) is 4.98 Å². The van der Waals surface area contributed by atoms with Crippen molar-refractivity contribution in [2.45, 2.75) is 6.04 Å². The smallest absolute Gasteiger partial charge is 0.142 e. The van der Waals surface area contributed by atoms with Crippen LogP contribution in [0.3, 0.4) is 0 Å². The Bertz CT molecular complexity index is 620. The van der Waals surface area contributed by atoms with Gasteiger partial charge in [-0.2, -0.15) is 5.26 Å². The molecule has 1 saturated heterocycles. The first-order chi connectivity index (χ1) is 10.3. The molecule has 0 amide bonds. The molecular weight excluding hydrogens is 262 g/mol. The Morgan fingerprint density at radius 1 is 1.14 bits per heavy atom. The quantitative estimate of drug-likeness (QED) is 0.861. The van der Waals surface area contributed by atoms with E-state index in [1.165, 1.54) is 5.69 Å². The third-order valence-electron chi connectivity index (χ3n) is 3.93. The first-order valence-electron chi connectivity index (χ1n) is 7.19. The van der Waals surface area contributed by atoms with Crippen LogP contribution in [-0.4, -0.2) is 40.6 Å². The number of nitriles is 1. The van der Waals surface area contributed by atoms with Crippen molar-refractivity contribution in [2.75, 3.05) is 31.1 Å². The molecule has 0 bridgehead atoms. The molecule has 1 aromatic heterocycles. The number of benzene rings is 1. The molecule has 1 atom stereocenters. The Balaban J connectivity index is 1.66. The van der Waals surface area contributed by atoms with Crippen LogP contribution in [0, 0.1) is 11.3 Å². The molecule has 0 N–H and O–H groups in total. The van der Waals surface area contributed by atoms with Crippen molar-refractivity contribution in [3.63, 3.8) is 0 Å². The minimum Gasteiger partial charge on any atom is -0.369 e. The van der Waals surface area contributed by atoms with Gasteiger partial charge in [0.2, 0.25) is 0 Å². The van der Waals surface area contributed by atoms with E-state index >= 15 is 0 Å². The number of anilines is 1. The molecule has 0 spiro atoms. The zero-order chi connectivity index (χ0) is 14.7. The van der Waals surface area contributed by atoms with Crippen LogP contribution >= 0.6 is 0 Å². The number of aromatic nitrogens is 2. The fourth-order valence-corrected chi connectivity index (χ4v) is 2.79. The van der Waals surface area contributed by atoms with Gasteiger partial charge in [-0.3, -0.25) is 4.90 Å². The van der Waals surface area contributed by atoms with Crippen LogP contribution in [0.1, 0.15) is 11.7 Å². The molecule has 1 unspecified atom stereocenters. The molecule has 1 aliphatic heterocycles. The SMILES string of the molecule is Cn1cnc(C(C#N)N2CCN(c3ccccc3)CC2)c1. The van der Waals surface area contributed by atoms with Gasteiger partial charge in [0.1, 0.15) is 6.04 Å². The molecule has 0 aliphatic carbocycles. The van der Waals surface area contributed by atoms with Crippen molar-refractivity contribution in [1.29, 1.82) is 5.26 Å². The fraction of sp³-hybridized carbons (Fsp3) is 0.375. The highest BCUT2D eigenvalue weighted by Gasteiger charge is 2.26. The highest BCUT2D eigenvalue weighted by molar-refractivity contribution is 5.46. The van der Waals surface area contributed by atoms with E-state index in [1.54, 1.807) is 6.33 Å². The first-order valence-corrected chi connectivity index (χ1v) is 7.19. The second-order valence-electron chi connectivity index (χ2n) is 5.35. The lowest BCUT2D eigenvalue weighted by molar-refractivity contribution is 0.219. The summed E-state index contributed by atoms with van der Waals surface area (Å²) in [5, 5.41) is 9.47. The lowest BCUT2D eigenvalue weighted by atomic mass is 10.1. The Kier molecular flexibility index (Phi) is 3.89. The van der Waals surface area contributed by atoms with E-state index in [9.17, 15) is 5.26 Å². The summed E-state index contributed by atoms with van der Waals surface area (Å²) in [6.45, 7) is 3.64. The average Bonchev–Trinajstić information content (AvgIpc) is 2.96. The van der Waals surface area contributed by atoms with Crippen molar-refractivity contribution in [3.8, 4) is 6.07 Å². The number of imidazole rings is 1. The van der Waals surface area contributed by atoms with Crippen LogP contribution in [0.4, 0.5) is 5.69 Å². The first kappa shape index (κ1) is 13.7. The third kappa shape index (κ3) is 2.91. The van der Waals surface area contributed by atoms with Gasteiger partial charge in [0.15, 0.2) is 0 Å². The number of aryl methyl sites for hydroxylation is 1. The topological polar surface area (TPSA) is 48.1 Å². The van der Waals surface area contributed by atoms with E-state index < -0.39 is 0 Å². The number of rotatable bonds is 3. The largest absolute Gasteiger partial charge is 0.369 e. The summed E-state index contributed by atoms with van der Waals surface area (Å²) in [6.07, 6.45) is 3.68. The summed E-state index contributed by atoms with van der Waals surface area (Å²) in [7, 11) is 1.93. The molecule has 5 heteroatoms. The van der Waals surface area contributed by atoms with Gasteiger partial charge >= 0.3 is 0 Å². The van der Waals surface area contributed by atoms with Crippen molar-refractivity contribution in [1.82, 2.24) is 14.5 Å². The van der Waals surface area contributed by atoms with Gasteiger partial charge in [0.25, 0.3) is 0 Å². The van der Waals surface area contributed by atoms with E-state index in [4.69, 9.17) is 0 Å². The maximum atomic E-state index is 9.47. The molecule has 2 aromatic rings. The molecule has 5 nitrogen and oxygen atoms in total. The van der Waals surface area contributed by atoms with Crippen molar-refractivity contribution >= 4 is 5.69 Å². The number of nitrogens with zero attached hydrogens (tertiary/aromatic N) is 5. The number of piperazine rings is 1. The molecule has 1 aromatic carbocycles. The molecular formula is C16H19N5. The highest BCUT2D eigenvalue weighted by atomic mass is 15.3. The van der Waals surface area contributed by atoms with Gasteiger partial charge in [-0.1, -0.05) is 18.2 Å². The summed E-state index contributed by atoms with van der Waals surface area (Å²) in [5.74, 6) is 0. The van der Waals surface area contributed by atoms with Gasteiger partial charge in [0.05, 0.1) is 18.1 Å². The molecule has 1 aliphatic rings. The Hall–Kier alpha value is -2.32. The average molecular weight is 281 g/mol. The maximum Gasteiger partial charge on any atom is 0.142 e. The molecule has 2 heterocycles. The predicted octanol–water partition coefficient (Wildman–Crippen LogP) is 1.81. The zero-order valence-electron chi connectivity index (χ0n) is 12.2. The van der Waals surface area contributed by atoms with E-state index in [1.807, 2.05) is 23.9 Å². The van der Waals surface area contributed by atoms with Gasteiger partial charge in [-0.15, -0.1) is 0 Å². The van der Waals surface area contributed by atoms with E-state index in [0.29, 0.717) is 0 Å². The van der Waals surface area contributed by atoms with Crippen LogP contribution in [0.5, 0.6) is 0 Å². The Labute approximate surface area is 125 Å². The minimum atomic E-state index is -0.246. The van der Waals surface area contributed by atoms with Gasteiger partial charge < -0.3 is 9.47 Å². The maximum absolute atomic E-state index is 9.47. The van der Waals surface area contributed by atoms with Crippen molar-refractivity contribution in [2.24, 2.45) is 7.05 Å². The normalized spacial score (nSPS) is 17.4. The molecule has 3 rings (SSSR count). The zero-order valence-corrected chi connectivity index (χ0v) is 12.2. The molecule has 21 heavy (non-hydrogen) atoms. The summed E-state index contributed by atoms with van der Waals surface area (Å²) >= 11 is 0. The fourth-order valence-electron chi connectivity index (χ4n) is 2.79. The standard InChI is InChI=1S/C16H19N5/c1-19-12-15(18-13-19)16(11-17)21-9-7-20(8-10-21)14-5-3-2-4-6-14/h2-6,12-13,16H,7-10H2,1H3. The van der Waals surface area contributed by atoms with Gasteiger partial charge in [0, 0.05) is 45.1 Å². The monoisotopic (exact) mass is 281 g/mol. The van der Waals surface area contributed by atoms with Crippen LogP contribution in [0.15, 0.2) is 42.9 Å². The third-order valence-corrected chi connectivity index (χ3v) is 3.93. The summed E-state index contributed by atoms with van der Waals surface area (Å²) in [5.41, 5.74) is 2.09. The Morgan fingerprint density at radius 2 is 1.86 bits per heavy atom. The van der Waals surface area contributed by atoms with Gasteiger partial charge in [-0.05, 0) is 12.1 Å². The number of hydrogen-bond acceptors (Lipinski definition) is 4. The van der Waals surface area contributed by atoms with Crippen LogP contribution < -0.4 is 4.90 Å². The molecule has 108 valence electrons. The lowest BCUT2D eigenvalue weighted by Crippen LogP contribution is -2.47. The van der Waals surface area contributed by atoms with Crippen LogP contribution in [0.25, 0.3) is 0 Å². The molecule has 1 fully saturated rings. The van der Waals surface area contributed by atoms with E-state index in [2.05, 4.69) is 45.1 Å². The van der Waals surface area contributed by atoms with Crippen molar-refractivity contribution < 1.29 is 0 Å². The van der Waals surface area contributed by atoms with E-state index in [-0.39, 0.29) is 6.04 Å². The summed E-state index contributed by atoms with van der Waals surface area (Å²) in [4.78, 5) is 8.90. The number of para-hydroxylation sites is 1. The molecule has 0 saturated carbocycles. The summed E-state index contributed by atoms with van der Waals surface area (Å²) in [6, 6.07) is 12.6. The Morgan fingerprint density at radius 3 is 2.43 bits per heavy atom. The number of hydrogen-bond donors (Lipinski definition) is 0.